The van der Waals surface area contributed by atoms with Crippen molar-refractivity contribution in [2.24, 2.45) is 0 Å². The second-order valence-electron chi connectivity index (χ2n) is 4.27. The summed E-state index contributed by atoms with van der Waals surface area (Å²) in [5.74, 6) is 1.12. The van der Waals surface area contributed by atoms with Gasteiger partial charge >= 0.3 is 6.18 Å². The van der Waals surface area contributed by atoms with Crippen LogP contribution >= 0.6 is 0 Å². The third-order valence-electron chi connectivity index (χ3n) is 2.88. The van der Waals surface area contributed by atoms with E-state index in [1.54, 1.807) is 18.2 Å². The molecule has 0 aliphatic rings. The minimum atomic E-state index is -4.33. The lowest BCUT2D eigenvalue weighted by molar-refractivity contribution is -0.137. The zero-order valence-corrected chi connectivity index (χ0v) is 11.5. The number of benzene rings is 2. The molecular formula is C15H14F3NO2. The van der Waals surface area contributed by atoms with E-state index in [2.05, 4.69) is 5.32 Å². The van der Waals surface area contributed by atoms with Gasteiger partial charge < -0.3 is 14.8 Å². The van der Waals surface area contributed by atoms with Crippen LogP contribution in [0.1, 0.15) is 5.56 Å². The van der Waals surface area contributed by atoms with E-state index in [-0.39, 0.29) is 0 Å². The number of anilines is 2. The predicted octanol–water partition coefficient (Wildman–Crippen LogP) is 4.47. The first-order valence-corrected chi connectivity index (χ1v) is 6.10. The summed E-state index contributed by atoms with van der Waals surface area (Å²) >= 11 is 0. The van der Waals surface area contributed by atoms with Crippen molar-refractivity contribution in [3.8, 4) is 11.5 Å². The van der Waals surface area contributed by atoms with Gasteiger partial charge in [-0.25, -0.2) is 0 Å². The Morgan fingerprint density at radius 3 is 1.90 bits per heavy atom. The maximum atomic E-state index is 12.5. The van der Waals surface area contributed by atoms with Crippen molar-refractivity contribution in [1.29, 1.82) is 0 Å². The van der Waals surface area contributed by atoms with Crippen LogP contribution in [0.4, 0.5) is 24.5 Å². The van der Waals surface area contributed by atoms with Gasteiger partial charge in [0, 0.05) is 17.4 Å². The van der Waals surface area contributed by atoms with Gasteiger partial charge in [-0.3, -0.25) is 0 Å². The summed E-state index contributed by atoms with van der Waals surface area (Å²) < 4.78 is 47.7. The Balaban J connectivity index is 2.18. The van der Waals surface area contributed by atoms with E-state index >= 15 is 0 Å². The Morgan fingerprint density at radius 1 is 0.810 bits per heavy atom. The second kappa shape index (κ2) is 5.95. The first-order chi connectivity index (χ1) is 9.94. The second-order valence-corrected chi connectivity index (χ2v) is 4.27. The van der Waals surface area contributed by atoms with Gasteiger partial charge in [-0.15, -0.1) is 0 Å². The van der Waals surface area contributed by atoms with Crippen LogP contribution in [-0.2, 0) is 6.18 Å². The third-order valence-corrected chi connectivity index (χ3v) is 2.88. The van der Waals surface area contributed by atoms with Crippen molar-refractivity contribution >= 4 is 11.4 Å². The molecule has 0 atom stereocenters. The van der Waals surface area contributed by atoms with Crippen LogP contribution in [0.2, 0.25) is 0 Å². The SMILES string of the molecule is COc1ccc(Nc2ccc(C(F)(F)F)cc2)cc1OC. The zero-order chi connectivity index (χ0) is 15.5. The summed E-state index contributed by atoms with van der Waals surface area (Å²) in [6.07, 6.45) is -4.33. The maximum Gasteiger partial charge on any atom is 0.416 e. The van der Waals surface area contributed by atoms with E-state index in [1.165, 1.54) is 26.4 Å². The Labute approximate surface area is 120 Å². The molecule has 112 valence electrons. The van der Waals surface area contributed by atoms with Gasteiger partial charge in [-0.05, 0) is 36.4 Å². The lowest BCUT2D eigenvalue weighted by atomic mass is 10.2. The van der Waals surface area contributed by atoms with E-state index in [0.29, 0.717) is 22.9 Å². The summed E-state index contributed by atoms with van der Waals surface area (Å²) in [6, 6.07) is 9.98. The van der Waals surface area contributed by atoms with Gasteiger partial charge in [0.25, 0.3) is 0 Å². The molecule has 1 N–H and O–H groups in total. The lowest BCUT2D eigenvalue weighted by Gasteiger charge is -2.12. The fourth-order valence-electron chi connectivity index (χ4n) is 1.82. The van der Waals surface area contributed by atoms with E-state index in [4.69, 9.17) is 9.47 Å². The molecule has 0 aliphatic carbocycles. The summed E-state index contributed by atoms with van der Waals surface area (Å²) in [6.45, 7) is 0. The number of nitrogens with one attached hydrogen (secondary N) is 1. The molecule has 6 heteroatoms. The minimum Gasteiger partial charge on any atom is -0.493 e. The molecule has 0 radical (unpaired) electrons. The molecule has 0 spiro atoms. The summed E-state index contributed by atoms with van der Waals surface area (Å²) in [4.78, 5) is 0. The molecule has 3 nitrogen and oxygen atoms in total. The van der Waals surface area contributed by atoms with Crippen LogP contribution in [-0.4, -0.2) is 14.2 Å². The van der Waals surface area contributed by atoms with Crippen LogP contribution in [0.15, 0.2) is 42.5 Å². The molecule has 0 bridgehead atoms. The van der Waals surface area contributed by atoms with Gasteiger partial charge in [-0.2, -0.15) is 13.2 Å². The molecule has 0 aliphatic heterocycles. The Bertz CT molecular complexity index is 609. The van der Waals surface area contributed by atoms with Crippen molar-refractivity contribution in [3.05, 3.63) is 48.0 Å². The van der Waals surface area contributed by atoms with Crippen LogP contribution < -0.4 is 14.8 Å². The standard InChI is InChI=1S/C15H14F3NO2/c1-20-13-8-7-12(9-14(13)21-2)19-11-5-3-10(4-6-11)15(16,17)18/h3-9,19H,1-2H3. The number of methoxy groups -OCH3 is 2. The van der Waals surface area contributed by atoms with Crippen LogP contribution in [0.3, 0.4) is 0 Å². The molecule has 2 aromatic rings. The Kier molecular flexibility index (Phi) is 4.26. The smallest absolute Gasteiger partial charge is 0.416 e. The summed E-state index contributed by atoms with van der Waals surface area (Å²) in [5, 5.41) is 3.01. The quantitative estimate of drug-likeness (QED) is 0.903. The number of ether oxygens (including phenoxy) is 2. The Morgan fingerprint density at radius 2 is 1.38 bits per heavy atom. The molecule has 0 unspecified atom stereocenters. The van der Waals surface area contributed by atoms with Crippen LogP contribution in [0.25, 0.3) is 0 Å². The van der Waals surface area contributed by atoms with Crippen molar-refractivity contribution < 1.29 is 22.6 Å². The minimum absolute atomic E-state index is 0.536. The average molecular weight is 297 g/mol. The van der Waals surface area contributed by atoms with Gasteiger partial charge in [0.05, 0.1) is 19.8 Å². The molecule has 0 fully saturated rings. The number of halogens is 3. The van der Waals surface area contributed by atoms with Crippen LogP contribution in [0.5, 0.6) is 11.5 Å². The first-order valence-electron chi connectivity index (χ1n) is 6.10. The topological polar surface area (TPSA) is 30.5 Å². The van der Waals surface area contributed by atoms with Crippen molar-refractivity contribution in [2.45, 2.75) is 6.18 Å². The number of hydrogen-bond donors (Lipinski definition) is 1. The predicted molar refractivity (Wildman–Crippen MR) is 74.3 cm³/mol. The van der Waals surface area contributed by atoms with Gasteiger partial charge in [-0.1, -0.05) is 0 Å². The molecule has 0 saturated carbocycles. The monoisotopic (exact) mass is 297 g/mol. The average Bonchev–Trinajstić information content (AvgIpc) is 2.46. The highest BCUT2D eigenvalue weighted by molar-refractivity contribution is 5.63. The molecule has 0 amide bonds. The zero-order valence-electron chi connectivity index (χ0n) is 11.5. The van der Waals surface area contributed by atoms with Gasteiger partial charge in [0.15, 0.2) is 11.5 Å². The number of hydrogen-bond acceptors (Lipinski definition) is 3. The molecule has 0 aromatic heterocycles. The largest absolute Gasteiger partial charge is 0.493 e. The molecule has 2 rings (SSSR count). The van der Waals surface area contributed by atoms with E-state index in [9.17, 15) is 13.2 Å². The third kappa shape index (κ3) is 3.59. The fraction of sp³-hybridized carbons (Fsp3) is 0.200. The van der Waals surface area contributed by atoms with Crippen molar-refractivity contribution in [1.82, 2.24) is 0 Å². The normalized spacial score (nSPS) is 11.1. The maximum absolute atomic E-state index is 12.5. The molecule has 0 saturated heterocycles. The van der Waals surface area contributed by atoms with E-state index < -0.39 is 11.7 Å². The number of alkyl halides is 3. The molecule has 21 heavy (non-hydrogen) atoms. The number of rotatable bonds is 4. The van der Waals surface area contributed by atoms with Crippen molar-refractivity contribution in [3.63, 3.8) is 0 Å². The highest BCUT2D eigenvalue weighted by atomic mass is 19.4. The van der Waals surface area contributed by atoms with E-state index in [1.807, 2.05) is 0 Å². The van der Waals surface area contributed by atoms with Crippen LogP contribution in [0, 0.1) is 0 Å². The Hall–Kier alpha value is -2.37. The summed E-state index contributed by atoms with van der Waals surface area (Å²) in [7, 11) is 3.04. The highest BCUT2D eigenvalue weighted by Crippen LogP contribution is 2.33. The first kappa shape index (κ1) is 15.0. The molecule has 0 heterocycles. The van der Waals surface area contributed by atoms with Gasteiger partial charge in [0.2, 0.25) is 0 Å². The highest BCUT2D eigenvalue weighted by Gasteiger charge is 2.29. The van der Waals surface area contributed by atoms with Crippen molar-refractivity contribution in [2.75, 3.05) is 19.5 Å². The summed E-state index contributed by atoms with van der Waals surface area (Å²) in [5.41, 5.74) is 0.558. The lowest BCUT2D eigenvalue weighted by Crippen LogP contribution is -2.04. The van der Waals surface area contributed by atoms with E-state index in [0.717, 1.165) is 12.1 Å². The van der Waals surface area contributed by atoms with Gasteiger partial charge in [0.1, 0.15) is 0 Å². The molecule has 2 aromatic carbocycles. The molecular weight excluding hydrogens is 283 g/mol. The fourth-order valence-corrected chi connectivity index (χ4v) is 1.82.